The molecule has 1 aliphatic rings. The molecule has 0 spiro atoms. The Morgan fingerprint density at radius 2 is 1.60 bits per heavy atom. The van der Waals surface area contributed by atoms with E-state index in [0.29, 0.717) is 0 Å². The van der Waals surface area contributed by atoms with Gasteiger partial charge in [-0.05, 0) is 13.8 Å². The second kappa shape index (κ2) is 8.08. The zero-order valence-electron chi connectivity index (χ0n) is 11.0. The largest absolute Gasteiger partial charge is 0.324 e. The molecule has 0 radical (unpaired) electrons. The molecule has 0 atom stereocenters. The third-order valence-electron chi connectivity index (χ3n) is 2.34. The van der Waals surface area contributed by atoms with Crippen molar-refractivity contribution in [2.24, 2.45) is 5.73 Å². The van der Waals surface area contributed by atoms with Crippen LogP contribution in [0.15, 0.2) is 0 Å². The van der Waals surface area contributed by atoms with Crippen molar-refractivity contribution < 1.29 is 0 Å². The van der Waals surface area contributed by atoms with Crippen molar-refractivity contribution in [2.45, 2.75) is 46.1 Å². The SMILES string of the molecule is CC(C)(N)CN1CCNCC1.CCCC. The molecule has 1 saturated heterocycles. The van der Waals surface area contributed by atoms with Crippen molar-refractivity contribution in [1.29, 1.82) is 0 Å². The van der Waals surface area contributed by atoms with Gasteiger partial charge < -0.3 is 11.1 Å². The van der Waals surface area contributed by atoms with E-state index in [-0.39, 0.29) is 5.54 Å². The quantitative estimate of drug-likeness (QED) is 0.748. The van der Waals surface area contributed by atoms with E-state index in [1.54, 1.807) is 0 Å². The van der Waals surface area contributed by atoms with Gasteiger partial charge in [0.2, 0.25) is 0 Å². The summed E-state index contributed by atoms with van der Waals surface area (Å²) in [6.45, 7) is 14.0. The number of unbranched alkanes of at least 4 members (excludes halogenated alkanes) is 1. The van der Waals surface area contributed by atoms with Gasteiger partial charge in [0.25, 0.3) is 0 Å². The molecule has 0 aromatic rings. The van der Waals surface area contributed by atoms with Crippen LogP contribution in [0.2, 0.25) is 0 Å². The summed E-state index contributed by atoms with van der Waals surface area (Å²) in [5.41, 5.74) is 5.86. The van der Waals surface area contributed by atoms with Gasteiger partial charge in [0, 0.05) is 38.3 Å². The summed E-state index contributed by atoms with van der Waals surface area (Å²) >= 11 is 0. The smallest absolute Gasteiger partial charge is 0.0226 e. The molecular weight excluding hydrogens is 186 g/mol. The highest BCUT2D eigenvalue weighted by Crippen LogP contribution is 2.01. The molecule has 92 valence electrons. The topological polar surface area (TPSA) is 41.3 Å². The van der Waals surface area contributed by atoms with Crippen molar-refractivity contribution >= 4 is 0 Å². The minimum atomic E-state index is -0.0443. The maximum Gasteiger partial charge on any atom is 0.0226 e. The van der Waals surface area contributed by atoms with Gasteiger partial charge in [-0.3, -0.25) is 4.90 Å². The molecule has 3 heteroatoms. The van der Waals surface area contributed by atoms with Crippen LogP contribution in [0, 0.1) is 0 Å². The normalized spacial score (nSPS) is 18.2. The third kappa shape index (κ3) is 10.2. The first-order valence-electron chi connectivity index (χ1n) is 6.21. The van der Waals surface area contributed by atoms with Crippen LogP contribution in [-0.4, -0.2) is 43.2 Å². The molecular formula is C12H29N3. The Hall–Kier alpha value is -0.120. The lowest BCUT2D eigenvalue weighted by atomic mass is 10.1. The molecule has 0 aromatic heterocycles. The van der Waals surface area contributed by atoms with Crippen LogP contribution in [-0.2, 0) is 0 Å². The van der Waals surface area contributed by atoms with Crippen LogP contribution < -0.4 is 11.1 Å². The molecule has 0 saturated carbocycles. The van der Waals surface area contributed by atoms with E-state index in [2.05, 4.69) is 37.9 Å². The van der Waals surface area contributed by atoms with E-state index in [1.165, 1.54) is 12.8 Å². The predicted octanol–water partition coefficient (Wildman–Crippen LogP) is 1.44. The standard InChI is InChI=1S/C8H19N3.C4H10/c1-8(2,9)7-11-5-3-10-4-6-11;1-3-4-2/h10H,3-7,9H2,1-2H3;3-4H2,1-2H3. The fourth-order valence-electron chi connectivity index (χ4n) is 1.45. The summed E-state index contributed by atoms with van der Waals surface area (Å²) in [5, 5.41) is 3.32. The van der Waals surface area contributed by atoms with Gasteiger partial charge in [-0.1, -0.05) is 26.7 Å². The zero-order valence-corrected chi connectivity index (χ0v) is 11.0. The van der Waals surface area contributed by atoms with E-state index < -0.39 is 0 Å². The van der Waals surface area contributed by atoms with Gasteiger partial charge >= 0.3 is 0 Å². The first-order valence-corrected chi connectivity index (χ1v) is 6.21. The van der Waals surface area contributed by atoms with Gasteiger partial charge in [-0.2, -0.15) is 0 Å². The van der Waals surface area contributed by atoms with Gasteiger partial charge in [0.05, 0.1) is 0 Å². The second-order valence-corrected chi connectivity index (χ2v) is 5.01. The number of hydrogen-bond donors (Lipinski definition) is 2. The molecule has 1 rings (SSSR count). The Balaban J connectivity index is 0.000000423. The molecule has 15 heavy (non-hydrogen) atoms. The number of nitrogens with two attached hydrogens (primary N) is 1. The lowest BCUT2D eigenvalue weighted by Crippen LogP contribution is -2.51. The fraction of sp³-hybridized carbons (Fsp3) is 1.00. The highest BCUT2D eigenvalue weighted by atomic mass is 15.2. The Kier molecular flexibility index (Phi) is 8.02. The number of piperazine rings is 1. The van der Waals surface area contributed by atoms with Crippen LogP contribution in [0.25, 0.3) is 0 Å². The van der Waals surface area contributed by atoms with Crippen LogP contribution in [0.1, 0.15) is 40.5 Å². The second-order valence-electron chi connectivity index (χ2n) is 5.01. The monoisotopic (exact) mass is 215 g/mol. The zero-order chi connectivity index (χ0) is 11.7. The summed E-state index contributed by atoms with van der Waals surface area (Å²) in [5.74, 6) is 0. The third-order valence-corrected chi connectivity index (χ3v) is 2.34. The number of rotatable bonds is 3. The van der Waals surface area contributed by atoms with Crippen LogP contribution in [0.4, 0.5) is 0 Å². The summed E-state index contributed by atoms with van der Waals surface area (Å²) < 4.78 is 0. The number of nitrogens with one attached hydrogen (secondary N) is 1. The summed E-state index contributed by atoms with van der Waals surface area (Å²) in [7, 11) is 0. The van der Waals surface area contributed by atoms with E-state index in [4.69, 9.17) is 5.73 Å². The average molecular weight is 215 g/mol. The molecule has 1 fully saturated rings. The van der Waals surface area contributed by atoms with Crippen molar-refractivity contribution in [2.75, 3.05) is 32.7 Å². The number of nitrogens with zero attached hydrogens (tertiary/aromatic N) is 1. The first kappa shape index (κ1) is 14.9. The molecule has 0 bridgehead atoms. The molecule has 0 amide bonds. The van der Waals surface area contributed by atoms with E-state index in [0.717, 1.165) is 32.7 Å². The average Bonchev–Trinajstić information content (AvgIpc) is 2.17. The molecule has 3 N–H and O–H groups in total. The first-order chi connectivity index (χ1) is 6.99. The highest BCUT2D eigenvalue weighted by molar-refractivity contribution is 4.79. The van der Waals surface area contributed by atoms with E-state index >= 15 is 0 Å². The van der Waals surface area contributed by atoms with Crippen molar-refractivity contribution in [3.63, 3.8) is 0 Å². The van der Waals surface area contributed by atoms with Crippen LogP contribution in [0.3, 0.4) is 0 Å². The van der Waals surface area contributed by atoms with Crippen molar-refractivity contribution in [3.05, 3.63) is 0 Å². The van der Waals surface area contributed by atoms with Gasteiger partial charge in [0.15, 0.2) is 0 Å². The minimum absolute atomic E-state index is 0.0443. The Morgan fingerprint density at radius 3 is 1.93 bits per heavy atom. The van der Waals surface area contributed by atoms with E-state index in [1.807, 2.05) is 0 Å². The van der Waals surface area contributed by atoms with Gasteiger partial charge in [-0.15, -0.1) is 0 Å². The van der Waals surface area contributed by atoms with Gasteiger partial charge in [-0.25, -0.2) is 0 Å². The summed E-state index contributed by atoms with van der Waals surface area (Å²) in [6, 6.07) is 0. The maximum atomic E-state index is 5.90. The van der Waals surface area contributed by atoms with Crippen molar-refractivity contribution in [1.82, 2.24) is 10.2 Å². The van der Waals surface area contributed by atoms with Gasteiger partial charge in [0.1, 0.15) is 0 Å². The molecule has 1 heterocycles. The molecule has 3 nitrogen and oxygen atoms in total. The molecule has 0 aliphatic carbocycles. The van der Waals surface area contributed by atoms with Crippen molar-refractivity contribution in [3.8, 4) is 0 Å². The Bertz CT molecular complexity index is 132. The van der Waals surface area contributed by atoms with Crippen LogP contribution >= 0.6 is 0 Å². The summed E-state index contributed by atoms with van der Waals surface area (Å²) in [4.78, 5) is 2.41. The summed E-state index contributed by atoms with van der Waals surface area (Å²) in [6.07, 6.45) is 2.64. The lowest BCUT2D eigenvalue weighted by Gasteiger charge is -2.32. The maximum absolute atomic E-state index is 5.90. The lowest BCUT2D eigenvalue weighted by molar-refractivity contribution is 0.202. The Morgan fingerprint density at radius 1 is 1.13 bits per heavy atom. The Labute approximate surface area is 95.4 Å². The minimum Gasteiger partial charge on any atom is -0.324 e. The fourth-order valence-corrected chi connectivity index (χ4v) is 1.45. The molecule has 0 unspecified atom stereocenters. The number of hydrogen-bond acceptors (Lipinski definition) is 3. The highest BCUT2D eigenvalue weighted by Gasteiger charge is 2.17. The van der Waals surface area contributed by atoms with Crippen LogP contribution in [0.5, 0.6) is 0 Å². The predicted molar refractivity (Wildman–Crippen MR) is 68.2 cm³/mol. The van der Waals surface area contributed by atoms with E-state index in [9.17, 15) is 0 Å². The molecule has 1 aliphatic heterocycles. The molecule has 0 aromatic carbocycles.